The van der Waals surface area contributed by atoms with Gasteiger partial charge in [-0.05, 0) is 19.1 Å². The van der Waals surface area contributed by atoms with Crippen LogP contribution in [0.15, 0.2) is 24.5 Å². The summed E-state index contributed by atoms with van der Waals surface area (Å²) in [5.74, 6) is 0.103. The Morgan fingerprint density at radius 3 is 2.93 bits per heavy atom. The van der Waals surface area contributed by atoms with Gasteiger partial charge in [0.1, 0.15) is 0 Å². The summed E-state index contributed by atoms with van der Waals surface area (Å²) in [6.07, 6.45) is 3.38. The molecule has 0 aliphatic carbocycles. The molecule has 2 aromatic rings. The molecule has 0 saturated carbocycles. The van der Waals surface area contributed by atoms with Crippen LogP contribution in [0.25, 0.3) is 0 Å². The van der Waals surface area contributed by atoms with Crippen LogP contribution >= 0.6 is 11.3 Å². The molecule has 0 aliphatic rings. The van der Waals surface area contributed by atoms with E-state index in [-0.39, 0.29) is 5.78 Å². The Hall–Kier alpha value is -1.62. The van der Waals surface area contributed by atoms with Crippen molar-refractivity contribution < 1.29 is 4.79 Å². The Balaban J connectivity index is 2.14. The van der Waals surface area contributed by atoms with Crippen LogP contribution in [0.2, 0.25) is 0 Å². The van der Waals surface area contributed by atoms with Crippen LogP contribution in [0.3, 0.4) is 0 Å². The molecule has 0 amide bonds. The summed E-state index contributed by atoms with van der Waals surface area (Å²) in [5, 5.41) is 4.08. The maximum Gasteiger partial charge on any atom is 0.169 e. The molecule has 0 aromatic carbocycles. The zero-order valence-electron chi connectivity index (χ0n) is 8.30. The van der Waals surface area contributed by atoms with Crippen molar-refractivity contribution >= 4 is 22.8 Å². The molecular formula is C10H11N3OS. The molecule has 0 unspecified atom stereocenters. The third-order valence-corrected chi connectivity index (χ3v) is 3.15. The van der Waals surface area contributed by atoms with E-state index in [1.165, 1.54) is 11.3 Å². The van der Waals surface area contributed by atoms with Crippen LogP contribution in [-0.2, 0) is 6.54 Å². The minimum atomic E-state index is 0.103. The van der Waals surface area contributed by atoms with Crippen LogP contribution in [0.4, 0.5) is 5.69 Å². The van der Waals surface area contributed by atoms with Crippen LogP contribution in [0.1, 0.15) is 21.5 Å². The molecule has 2 N–H and O–H groups in total. The van der Waals surface area contributed by atoms with E-state index in [0.717, 1.165) is 9.75 Å². The van der Waals surface area contributed by atoms with Crippen molar-refractivity contribution in [1.82, 2.24) is 9.78 Å². The van der Waals surface area contributed by atoms with Gasteiger partial charge in [0.25, 0.3) is 0 Å². The zero-order valence-corrected chi connectivity index (χ0v) is 9.12. The Bertz CT molecular complexity index is 486. The van der Waals surface area contributed by atoms with E-state index in [0.29, 0.717) is 12.2 Å². The van der Waals surface area contributed by atoms with Gasteiger partial charge in [-0.15, -0.1) is 11.3 Å². The van der Waals surface area contributed by atoms with Gasteiger partial charge >= 0.3 is 0 Å². The maximum atomic E-state index is 11.1. The molecule has 4 nitrogen and oxygen atoms in total. The fourth-order valence-electron chi connectivity index (χ4n) is 1.28. The fraction of sp³-hybridized carbons (Fsp3) is 0.200. The van der Waals surface area contributed by atoms with Gasteiger partial charge in [0.05, 0.1) is 23.3 Å². The lowest BCUT2D eigenvalue weighted by molar-refractivity contribution is 0.102. The number of nitrogens with zero attached hydrogens (tertiary/aromatic N) is 2. The fourth-order valence-corrected chi connectivity index (χ4v) is 2.17. The summed E-state index contributed by atoms with van der Waals surface area (Å²) in [7, 11) is 0. The number of rotatable bonds is 3. The predicted molar refractivity (Wildman–Crippen MR) is 60.1 cm³/mol. The van der Waals surface area contributed by atoms with Crippen molar-refractivity contribution in [2.24, 2.45) is 0 Å². The first-order valence-electron chi connectivity index (χ1n) is 4.53. The molecule has 0 aliphatic heterocycles. The highest BCUT2D eigenvalue weighted by atomic mass is 32.1. The lowest BCUT2D eigenvalue weighted by atomic mass is 10.3. The average Bonchev–Trinajstić information content (AvgIpc) is 2.76. The van der Waals surface area contributed by atoms with Crippen LogP contribution in [-0.4, -0.2) is 15.6 Å². The summed E-state index contributed by atoms with van der Waals surface area (Å²) in [6.45, 7) is 2.23. The molecule has 15 heavy (non-hydrogen) atoms. The number of thiophene rings is 1. The van der Waals surface area contributed by atoms with Crippen molar-refractivity contribution in [1.29, 1.82) is 0 Å². The number of nitrogen functional groups attached to an aromatic ring is 1. The highest BCUT2D eigenvalue weighted by molar-refractivity contribution is 7.14. The number of carbonyl (C=O) groups excluding carboxylic acids is 1. The molecule has 5 heteroatoms. The average molecular weight is 221 g/mol. The number of anilines is 1. The molecule has 0 saturated heterocycles. The monoisotopic (exact) mass is 221 g/mol. The molecular weight excluding hydrogens is 210 g/mol. The van der Waals surface area contributed by atoms with E-state index in [9.17, 15) is 4.79 Å². The summed E-state index contributed by atoms with van der Waals surface area (Å²) >= 11 is 1.49. The third kappa shape index (κ3) is 2.24. The Morgan fingerprint density at radius 1 is 1.60 bits per heavy atom. The number of aromatic nitrogens is 2. The second-order valence-electron chi connectivity index (χ2n) is 3.29. The highest BCUT2D eigenvalue weighted by Gasteiger charge is 2.05. The number of hydrogen-bond acceptors (Lipinski definition) is 4. The van der Waals surface area contributed by atoms with Gasteiger partial charge in [-0.2, -0.15) is 5.10 Å². The summed E-state index contributed by atoms with van der Waals surface area (Å²) < 4.78 is 1.76. The molecule has 2 heterocycles. The zero-order chi connectivity index (χ0) is 10.8. The van der Waals surface area contributed by atoms with Gasteiger partial charge < -0.3 is 5.73 Å². The van der Waals surface area contributed by atoms with E-state index in [4.69, 9.17) is 5.73 Å². The second-order valence-corrected chi connectivity index (χ2v) is 4.46. The number of Topliss-reactive ketones (excluding diaryl/α,β-unsaturated/α-hetero) is 1. The van der Waals surface area contributed by atoms with Crippen LogP contribution in [0, 0.1) is 0 Å². The number of nitrogens with two attached hydrogens (primary N) is 1. The number of hydrogen-bond donors (Lipinski definition) is 1. The lowest BCUT2D eigenvalue weighted by Crippen LogP contribution is -1.97. The maximum absolute atomic E-state index is 11.1. The molecule has 78 valence electrons. The quantitative estimate of drug-likeness (QED) is 0.803. The molecule has 2 aromatic heterocycles. The molecule has 2 rings (SSSR count). The highest BCUT2D eigenvalue weighted by Crippen LogP contribution is 2.18. The van der Waals surface area contributed by atoms with Gasteiger partial charge in [-0.25, -0.2) is 0 Å². The normalized spacial score (nSPS) is 10.5. The van der Waals surface area contributed by atoms with Gasteiger partial charge in [-0.1, -0.05) is 0 Å². The van der Waals surface area contributed by atoms with Crippen LogP contribution < -0.4 is 5.73 Å². The first-order valence-corrected chi connectivity index (χ1v) is 5.34. The number of ketones is 1. The van der Waals surface area contributed by atoms with Gasteiger partial charge in [0.15, 0.2) is 5.78 Å². The van der Waals surface area contributed by atoms with Gasteiger partial charge in [0.2, 0.25) is 0 Å². The van der Waals surface area contributed by atoms with Crippen LogP contribution in [0.5, 0.6) is 0 Å². The Kier molecular flexibility index (Phi) is 2.55. The largest absolute Gasteiger partial charge is 0.396 e. The summed E-state index contributed by atoms with van der Waals surface area (Å²) in [6, 6.07) is 3.79. The lowest BCUT2D eigenvalue weighted by Gasteiger charge is -1.96. The SMILES string of the molecule is CC(=O)c1ccc(Cn2cc(N)cn2)s1. The third-order valence-electron chi connectivity index (χ3n) is 1.98. The Labute approximate surface area is 91.3 Å². The summed E-state index contributed by atoms with van der Waals surface area (Å²) in [5.41, 5.74) is 6.20. The van der Waals surface area contributed by atoms with Crippen molar-refractivity contribution in [3.63, 3.8) is 0 Å². The Morgan fingerprint density at radius 2 is 2.40 bits per heavy atom. The van der Waals surface area contributed by atoms with E-state index < -0.39 is 0 Å². The van der Waals surface area contributed by atoms with Gasteiger partial charge in [0, 0.05) is 11.1 Å². The first-order chi connectivity index (χ1) is 7.15. The van der Waals surface area contributed by atoms with Gasteiger partial charge in [-0.3, -0.25) is 9.48 Å². The number of carbonyl (C=O) groups is 1. The smallest absolute Gasteiger partial charge is 0.169 e. The first kappa shape index (κ1) is 9.92. The van der Waals surface area contributed by atoms with E-state index >= 15 is 0 Å². The minimum Gasteiger partial charge on any atom is -0.396 e. The van der Waals surface area contributed by atoms with Crippen molar-refractivity contribution in [3.8, 4) is 0 Å². The molecule has 0 radical (unpaired) electrons. The van der Waals surface area contributed by atoms with E-state index in [1.54, 1.807) is 24.0 Å². The molecule has 0 spiro atoms. The molecule has 0 atom stereocenters. The second kappa shape index (κ2) is 3.86. The van der Waals surface area contributed by atoms with Crippen molar-refractivity contribution in [2.45, 2.75) is 13.5 Å². The summed E-state index contributed by atoms with van der Waals surface area (Å²) in [4.78, 5) is 13.0. The molecule has 0 bridgehead atoms. The standard InChI is InChI=1S/C10H11N3OS/c1-7(14)10-3-2-9(15-10)6-13-5-8(11)4-12-13/h2-5H,6,11H2,1H3. The topological polar surface area (TPSA) is 60.9 Å². The molecule has 0 fully saturated rings. The van der Waals surface area contributed by atoms with Crippen molar-refractivity contribution in [2.75, 3.05) is 5.73 Å². The minimum absolute atomic E-state index is 0.103. The predicted octanol–water partition coefficient (Wildman–Crippen LogP) is 1.78. The van der Waals surface area contributed by atoms with E-state index in [1.807, 2.05) is 12.1 Å². The van der Waals surface area contributed by atoms with Crippen molar-refractivity contribution in [3.05, 3.63) is 34.3 Å². The van der Waals surface area contributed by atoms with E-state index in [2.05, 4.69) is 5.10 Å².